The molecule has 0 aliphatic carbocycles. The zero-order chi connectivity index (χ0) is 16.6. The molecule has 126 valence electrons. The standard InChI is InChI=1S/C15H28BNO5/c1-14(18)21-11-9-7-5-3-4-6-8-10-12-22-15(19)13-17-16(2)20/h3-4,17,20H,5-13H2,1-2H3/b4-3+. The van der Waals surface area contributed by atoms with Crippen LogP contribution in [0.15, 0.2) is 12.2 Å². The predicted molar refractivity (Wildman–Crippen MR) is 86.3 cm³/mol. The van der Waals surface area contributed by atoms with Crippen LogP contribution in [0, 0.1) is 0 Å². The van der Waals surface area contributed by atoms with Gasteiger partial charge in [0.2, 0.25) is 0 Å². The molecule has 7 heteroatoms. The molecule has 0 bridgehead atoms. The Morgan fingerprint density at radius 1 is 1.05 bits per heavy atom. The summed E-state index contributed by atoms with van der Waals surface area (Å²) in [6.45, 7) is 3.91. The number of hydrogen-bond donors (Lipinski definition) is 2. The monoisotopic (exact) mass is 313 g/mol. The van der Waals surface area contributed by atoms with Crippen LogP contribution in [0.2, 0.25) is 6.82 Å². The van der Waals surface area contributed by atoms with Crippen molar-refractivity contribution in [2.45, 2.75) is 52.3 Å². The molecule has 0 amide bonds. The lowest BCUT2D eigenvalue weighted by Crippen LogP contribution is -2.35. The summed E-state index contributed by atoms with van der Waals surface area (Å²) in [5, 5.41) is 11.5. The van der Waals surface area contributed by atoms with E-state index in [1.165, 1.54) is 6.92 Å². The first-order valence-electron chi connectivity index (χ1n) is 7.88. The van der Waals surface area contributed by atoms with Crippen molar-refractivity contribution in [1.29, 1.82) is 0 Å². The average Bonchev–Trinajstić information content (AvgIpc) is 2.45. The number of hydrogen-bond acceptors (Lipinski definition) is 6. The van der Waals surface area contributed by atoms with Gasteiger partial charge in [0.05, 0.1) is 19.8 Å². The molecule has 6 nitrogen and oxygen atoms in total. The molecule has 0 aliphatic rings. The van der Waals surface area contributed by atoms with Crippen LogP contribution < -0.4 is 5.23 Å². The highest BCUT2D eigenvalue weighted by Gasteiger charge is 2.06. The molecule has 0 saturated carbocycles. The zero-order valence-electron chi connectivity index (χ0n) is 13.7. The Morgan fingerprint density at radius 2 is 1.59 bits per heavy atom. The minimum absolute atomic E-state index is 0.0327. The summed E-state index contributed by atoms with van der Waals surface area (Å²) in [5.74, 6) is -0.567. The number of nitrogens with one attached hydrogen (secondary N) is 1. The molecule has 0 atom stereocenters. The fourth-order valence-electron chi connectivity index (χ4n) is 1.65. The van der Waals surface area contributed by atoms with Crippen molar-refractivity contribution in [2.75, 3.05) is 19.8 Å². The van der Waals surface area contributed by atoms with Gasteiger partial charge in [-0.1, -0.05) is 12.2 Å². The van der Waals surface area contributed by atoms with Crippen LogP contribution in [0.1, 0.15) is 45.4 Å². The lowest BCUT2D eigenvalue weighted by molar-refractivity contribution is -0.142. The molecule has 0 spiro atoms. The molecule has 0 aromatic rings. The Hall–Kier alpha value is -1.34. The fraction of sp³-hybridized carbons (Fsp3) is 0.733. The predicted octanol–water partition coefficient (Wildman–Crippen LogP) is 1.69. The summed E-state index contributed by atoms with van der Waals surface area (Å²) >= 11 is 0. The van der Waals surface area contributed by atoms with Crippen molar-refractivity contribution < 1.29 is 24.1 Å². The van der Waals surface area contributed by atoms with Crippen LogP contribution in [-0.4, -0.2) is 43.8 Å². The zero-order valence-corrected chi connectivity index (χ0v) is 13.7. The van der Waals surface area contributed by atoms with Crippen LogP contribution in [-0.2, 0) is 19.1 Å². The molecular formula is C15H28BNO5. The molecule has 0 rings (SSSR count). The molecule has 0 aromatic heterocycles. The highest BCUT2D eigenvalue weighted by Crippen LogP contribution is 2.01. The van der Waals surface area contributed by atoms with Crippen molar-refractivity contribution in [3.05, 3.63) is 12.2 Å². The summed E-state index contributed by atoms with van der Waals surface area (Å²) in [6.07, 6.45) is 9.92. The second-order valence-corrected chi connectivity index (χ2v) is 5.08. The normalized spacial score (nSPS) is 10.7. The molecule has 2 N–H and O–H groups in total. The summed E-state index contributed by atoms with van der Waals surface area (Å²) in [6, 6.07) is 0. The minimum Gasteiger partial charge on any atom is -0.466 e. The molecule has 0 saturated heterocycles. The first kappa shape index (κ1) is 20.7. The van der Waals surface area contributed by atoms with Crippen molar-refractivity contribution in [3.63, 3.8) is 0 Å². The van der Waals surface area contributed by atoms with E-state index in [1.807, 2.05) is 0 Å². The topological polar surface area (TPSA) is 84.9 Å². The van der Waals surface area contributed by atoms with E-state index in [9.17, 15) is 9.59 Å². The highest BCUT2D eigenvalue weighted by atomic mass is 16.5. The van der Waals surface area contributed by atoms with Crippen LogP contribution in [0.5, 0.6) is 0 Å². The number of ether oxygens (including phenoxy) is 2. The molecule has 0 unspecified atom stereocenters. The van der Waals surface area contributed by atoms with Gasteiger partial charge in [0.1, 0.15) is 0 Å². The third-order valence-electron chi connectivity index (χ3n) is 2.81. The Balaban J connectivity index is 3.26. The van der Waals surface area contributed by atoms with Gasteiger partial charge in [-0.3, -0.25) is 9.59 Å². The van der Waals surface area contributed by atoms with E-state index in [4.69, 9.17) is 14.5 Å². The maximum Gasteiger partial charge on any atom is 0.374 e. The van der Waals surface area contributed by atoms with E-state index in [-0.39, 0.29) is 18.5 Å². The van der Waals surface area contributed by atoms with Crippen molar-refractivity contribution >= 4 is 19.0 Å². The SMILES string of the molecule is CB(O)NCC(=O)OCCCC/C=C/CCCCOC(C)=O. The van der Waals surface area contributed by atoms with Gasteiger partial charge in [-0.15, -0.1) is 0 Å². The first-order chi connectivity index (χ1) is 10.5. The van der Waals surface area contributed by atoms with Crippen LogP contribution in [0.4, 0.5) is 0 Å². The minimum atomic E-state index is -0.702. The van der Waals surface area contributed by atoms with Crippen LogP contribution in [0.3, 0.4) is 0 Å². The molecule has 0 heterocycles. The number of esters is 2. The van der Waals surface area contributed by atoms with Gasteiger partial charge in [-0.25, -0.2) is 0 Å². The maximum atomic E-state index is 11.2. The molecule has 0 aliphatic heterocycles. The Kier molecular flexibility index (Phi) is 13.7. The van der Waals surface area contributed by atoms with E-state index in [2.05, 4.69) is 17.4 Å². The quantitative estimate of drug-likeness (QED) is 0.233. The lowest BCUT2D eigenvalue weighted by atomic mass is 9.89. The largest absolute Gasteiger partial charge is 0.466 e. The smallest absolute Gasteiger partial charge is 0.374 e. The summed E-state index contributed by atoms with van der Waals surface area (Å²) in [7, 11) is -0.702. The Bertz CT molecular complexity index is 334. The highest BCUT2D eigenvalue weighted by molar-refractivity contribution is 6.45. The van der Waals surface area contributed by atoms with E-state index in [1.54, 1.807) is 6.82 Å². The van der Waals surface area contributed by atoms with Gasteiger partial charge in [0.25, 0.3) is 0 Å². The second kappa shape index (κ2) is 14.6. The van der Waals surface area contributed by atoms with E-state index in [0.29, 0.717) is 13.2 Å². The van der Waals surface area contributed by atoms with Crippen molar-refractivity contribution in [1.82, 2.24) is 5.23 Å². The van der Waals surface area contributed by atoms with Crippen molar-refractivity contribution in [3.8, 4) is 0 Å². The van der Waals surface area contributed by atoms with Gasteiger partial charge in [-0.2, -0.15) is 0 Å². The fourth-order valence-corrected chi connectivity index (χ4v) is 1.65. The van der Waals surface area contributed by atoms with E-state index >= 15 is 0 Å². The third kappa shape index (κ3) is 16.7. The number of unbranched alkanes of at least 4 members (excludes halogenated alkanes) is 4. The second-order valence-electron chi connectivity index (χ2n) is 5.08. The van der Waals surface area contributed by atoms with Crippen LogP contribution in [0.25, 0.3) is 0 Å². The number of rotatable bonds is 13. The van der Waals surface area contributed by atoms with E-state index in [0.717, 1.165) is 38.5 Å². The number of carbonyl (C=O) groups excluding carboxylic acids is 2. The number of allylic oxidation sites excluding steroid dienone is 2. The number of carbonyl (C=O) groups is 2. The first-order valence-corrected chi connectivity index (χ1v) is 7.88. The molecule has 0 aromatic carbocycles. The third-order valence-corrected chi connectivity index (χ3v) is 2.81. The van der Waals surface area contributed by atoms with Gasteiger partial charge in [0.15, 0.2) is 0 Å². The van der Waals surface area contributed by atoms with Gasteiger partial charge >= 0.3 is 19.0 Å². The van der Waals surface area contributed by atoms with Crippen molar-refractivity contribution in [2.24, 2.45) is 0 Å². The van der Waals surface area contributed by atoms with Gasteiger partial charge < -0.3 is 19.7 Å². The van der Waals surface area contributed by atoms with Gasteiger partial charge in [0, 0.05) is 6.92 Å². The Morgan fingerprint density at radius 3 is 2.09 bits per heavy atom. The average molecular weight is 313 g/mol. The maximum absolute atomic E-state index is 11.2. The molecular weight excluding hydrogens is 285 g/mol. The summed E-state index contributed by atoms with van der Waals surface area (Å²) < 4.78 is 9.85. The molecule has 0 fully saturated rings. The van der Waals surface area contributed by atoms with E-state index < -0.39 is 7.05 Å². The summed E-state index contributed by atoms with van der Waals surface area (Å²) in [5.41, 5.74) is 0. The Labute approximate surface area is 133 Å². The van der Waals surface area contributed by atoms with Crippen LogP contribution >= 0.6 is 0 Å². The van der Waals surface area contributed by atoms with Gasteiger partial charge in [-0.05, 0) is 45.3 Å². The summed E-state index contributed by atoms with van der Waals surface area (Å²) in [4.78, 5) is 21.7. The lowest BCUT2D eigenvalue weighted by Gasteiger charge is -2.05. The molecule has 0 radical (unpaired) electrons. The molecule has 22 heavy (non-hydrogen) atoms.